The van der Waals surface area contributed by atoms with E-state index in [0.717, 1.165) is 11.3 Å². The first kappa shape index (κ1) is 22.5. The van der Waals surface area contributed by atoms with Crippen LogP contribution in [0.25, 0.3) is 11.3 Å². The van der Waals surface area contributed by atoms with Crippen LogP contribution in [0.5, 0.6) is 0 Å². The van der Waals surface area contributed by atoms with Crippen LogP contribution in [0.4, 0.5) is 5.13 Å². The van der Waals surface area contributed by atoms with E-state index in [1.807, 2.05) is 35.7 Å². The maximum atomic E-state index is 12.4. The number of amides is 2. The molecule has 2 atom stereocenters. The molecular formula is C22H20ClN3O4S. The first-order chi connectivity index (χ1) is 14.8. The summed E-state index contributed by atoms with van der Waals surface area (Å²) >= 11 is 7.26. The second-order valence-electron chi connectivity index (χ2n) is 6.65. The van der Waals surface area contributed by atoms with E-state index < -0.39 is 29.9 Å². The first-order valence-electron chi connectivity index (χ1n) is 9.43. The van der Waals surface area contributed by atoms with Crippen LogP contribution in [-0.4, -0.2) is 34.9 Å². The number of anilines is 1. The maximum absolute atomic E-state index is 12.4. The van der Waals surface area contributed by atoms with E-state index in [9.17, 15) is 14.4 Å². The number of rotatable bonds is 7. The van der Waals surface area contributed by atoms with Crippen molar-refractivity contribution in [3.8, 4) is 11.3 Å². The molecule has 160 valence electrons. The van der Waals surface area contributed by atoms with Gasteiger partial charge in [-0.05, 0) is 26.0 Å². The van der Waals surface area contributed by atoms with E-state index in [4.69, 9.17) is 16.3 Å². The Morgan fingerprint density at radius 3 is 2.42 bits per heavy atom. The quantitative estimate of drug-likeness (QED) is 0.519. The lowest BCUT2D eigenvalue weighted by atomic mass is 10.2. The van der Waals surface area contributed by atoms with Gasteiger partial charge in [0.2, 0.25) is 0 Å². The summed E-state index contributed by atoms with van der Waals surface area (Å²) in [4.78, 5) is 41.3. The number of ether oxygens (including phenoxy) is 1. The molecule has 7 nitrogen and oxygen atoms in total. The van der Waals surface area contributed by atoms with Crippen LogP contribution in [-0.2, 0) is 14.3 Å². The highest BCUT2D eigenvalue weighted by Gasteiger charge is 2.24. The molecule has 2 amide bonds. The van der Waals surface area contributed by atoms with E-state index in [1.165, 1.54) is 25.2 Å². The van der Waals surface area contributed by atoms with E-state index in [2.05, 4.69) is 15.6 Å². The third kappa shape index (κ3) is 5.90. The van der Waals surface area contributed by atoms with Crippen molar-refractivity contribution in [2.75, 3.05) is 5.32 Å². The number of nitrogens with zero attached hydrogens (tertiary/aromatic N) is 1. The van der Waals surface area contributed by atoms with Crippen molar-refractivity contribution in [3.05, 3.63) is 70.6 Å². The number of hydrogen-bond acceptors (Lipinski definition) is 6. The van der Waals surface area contributed by atoms with Crippen molar-refractivity contribution < 1.29 is 19.1 Å². The lowest BCUT2D eigenvalue weighted by Crippen LogP contribution is -2.42. The number of carbonyl (C=O) groups excluding carboxylic acids is 3. The average Bonchev–Trinajstić information content (AvgIpc) is 3.23. The van der Waals surface area contributed by atoms with Gasteiger partial charge in [0.1, 0.15) is 6.04 Å². The smallest absolute Gasteiger partial charge is 0.329 e. The fourth-order valence-electron chi connectivity index (χ4n) is 2.59. The Kier molecular flexibility index (Phi) is 7.38. The largest absolute Gasteiger partial charge is 0.451 e. The molecule has 0 aliphatic heterocycles. The second-order valence-corrected chi connectivity index (χ2v) is 7.91. The van der Waals surface area contributed by atoms with Crippen LogP contribution in [0.1, 0.15) is 24.2 Å². The highest BCUT2D eigenvalue weighted by Crippen LogP contribution is 2.24. The Morgan fingerprint density at radius 1 is 1.03 bits per heavy atom. The minimum atomic E-state index is -1.07. The van der Waals surface area contributed by atoms with Crippen molar-refractivity contribution in [2.45, 2.75) is 26.0 Å². The number of thiazole rings is 1. The molecule has 9 heteroatoms. The van der Waals surface area contributed by atoms with Gasteiger partial charge < -0.3 is 10.1 Å². The molecule has 2 N–H and O–H groups in total. The topological polar surface area (TPSA) is 97.4 Å². The van der Waals surface area contributed by atoms with Crippen molar-refractivity contribution in [2.24, 2.45) is 0 Å². The Labute approximate surface area is 188 Å². The van der Waals surface area contributed by atoms with E-state index in [-0.39, 0.29) is 10.6 Å². The van der Waals surface area contributed by atoms with Crippen molar-refractivity contribution in [1.29, 1.82) is 0 Å². The number of aromatic nitrogens is 1. The molecule has 0 spiro atoms. The molecule has 0 aliphatic carbocycles. The standard InChI is InChI=1S/C22H20ClN3O4S/c1-13(24-20(28)16-10-6-7-11-17(16)23)21(29)30-14(2)19(27)26-22-25-18(12-31-22)15-8-4-3-5-9-15/h3-14H,1-2H3,(H,24,28)(H,25,26,27). The molecule has 0 bridgehead atoms. The molecule has 0 radical (unpaired) electrons. The Balaban J connectivity index is 1.53. The monoisotopic (exact) mass is 457 g/mol. The SMILES string of the molecule is CC(NC(=O)c1ccccc1Cl)C(=O)OC(C)C(=O)Nc1nc(-c2ccccc2)cs1. The molecule has 0 saturated heterocycles. The van der Waals surface area contributed by atoms with Crippen LogP contribution in [0.15, 0.2) is 60.0 Å². The summed E-state index contributed by atoms with van der Waals surface area (Å²) in [5.41, 5.74) is 1.91. The zero-order valence-electron chi connectivity index (χ0n) is 16.8. The number of hydrogen-bond donors (Lipinski definition) is 2. The maximum Gasteiger partial charge on any atom is 0.329 e. The molecule has 1 heterocycles. The van der Waals surface area contributed by atoms with Gasteiger partial charge in [-0.2, -0.15) is 0 Å². The number of carbonyl (C=O) groups is 3. The molecule has 0 saturated carbocycles. The lowest BCUT2D eigenvalue weighted by Gasteiger charge is -2.17. The molecule has 2 unspecified atom stereocenters. The summed E-state index contributed by atoms with van der Waals surface area (Å²) in [7, 11) is 0. The molecule has 2 aromatic carbocycles. The Hall–Kier alpha value is -3.23. The lowest BCUT2D eigenvalue weighted by molar-refractivity contribution is -0.154. The van der Waals surface area contributed by atoms with Crippen molar-refractivity contribution in [1.82, 2.24) is 10.3 Å². The average molecular weight is 458 g/mol. The minimum Gasteiger partial charge on any atom is -0.451 e. The van der Waals surface area contributed by atoms with Crippen LogP contribution in [0, 0.1) is 0 Å². The highest BCUT2D eigenvalue weighted by atomic mass is 35.5. The summed E-state index contributed by atoms with van der Waals surface area (Å²) < 4.78 is 5.18. The molecule has 1 aromatic heterocycles. The van der Waals surface area contributed by atoms with Crippen LogP contribution in [0.3, 0.4) is 0 Å². The zero-order valence-corrected chi connectivity index (χ0v) is 18.4. The summed E-state index contributed by atoms with van der Waals surface area (Å²) in [5.74, 6) is -1.78. The van der Waals surface area contributed by atoms with Crippen molar-refractivity contribution >= 4 is 45.9 Å². The van der Waals surface area contributed by atoms with E-state index in [1.54, 1.807) is 24.3 Å². The van der Waals surface area contributed by atoms with Gasteiger partial charge in [0, 0.05) is 10.9 Å². The number of benzene rings is 2. The first-order valence-corrected chi connectivity index (χ1v) is 10.7. The summed E-state index contributed by atoms with van der Waals surface area (Å²) in [6.45, 7) is 2.91. The Morgan fingerprint density at radius 2 is 1.71 bits per heavy atom. The second kappa shape index (κ2) is 10.2. The van der Waals surface area contributed by atoms with Crippen LogP contribution >= 0.6 is 22.9 Å². The molecule has 3 rings (SSSR count). The molecule has 0 fully saturated rings. The summed E-state index contributed by atoms with van der Waals surface area (Å²) in [6, 6.07) is 15.1. The van der Waals surface area contributed by atoms with Gasteiger partial charge in [0.15, 0.2) is 11.2 Å². The van der Waals surface area contributed by atoms with Gasteiger partial charge in [-0.25, -0.2) is 9.78 Å². The van der Waals surface area contributed by atoms with Gasteiger partial charge in [-0.15, -0.1) is 11.3 Å². The van der Waals surface area contributed by atoms with Gasteiger partial charge in [0.25, 0.3) is 11.8 Å². The minimum absolute atomic E-state index is 0.243. The number of nitrogens with one attached hydrogen (secondary N) is 2. The predicted molar refractivity (Wildman–Crippen MR) is 120 cm³/mol. The summed E-state index contributed by atoms with van der Waals surface area (Å²) in [5, 5.41) is 7.64. The van der Waals surface area contributed by atoms with Gasteiger partial charge >= 0.3 is 5.97 Å². The fourth-order valence-corrected chi connectivity index (χ4v) is 3.53. The molecule has 31 heavy (non-hydrogen) atoms. The van der Waals surface area contributed by atoms with Crippen LogP contribution in [0.2, 0.25) is 5.02 Å². The van der Waals surface area contributed by atoms with Gasteiger partial charge in [-0.1, -0.05) is 54.1 Å². The predicted octanol–water partition coefficient (Wildman–Crippen LogP) is 4.15. The molecule has 3 aromatic rings. The normalized spacial score (nSPS) is 12.5. The third-order valence-electron chi connectivity index (χ3n) is 4.29. The zero-order chi connectivity index (χ0) is 22.4. The number of esters is 1. The Bertz CT molecular complexity index is 1090. The van der Waals surface area contributed by atoms with Crippen molar-refractivity contribution in [3.63, 3.8) is 0 Å². The van der Waals surface area contributed by atoms with Gasteiger partial charge in [0.05, 0.1) is 16.3 Å². The van der Waals surface area contributed by atoms with Gasteiger partial charge in [-0.3, -0.25) is 14.9 Å². The fraction of sp³-hybridized carbons (Fsp3) is 0.182. The number of halogens is 1. The van der Waals surface area contributed by atoms with Crippen LogP contribution < -0.4 is 10.6 Å². The molecular weight excluding hydrogens is 438 g/mol. The summed E-state index contributed by atoms with van der Waals surface area (Å²) in [6.07, 6.45) is -1.07. The molecule has 0 aliphatic rings. The third-order valence-corrected chi connectivity index (χ3v) is 5.37. The van der Waals surface area contributed by atoms with E-state index >= 15 is 0 Å². The van der Waals surface area contributed by atoms with E-state index in [0.29, 0.717) is 5.13 Å². The highest BCUT2D eigenvalue weighted by molar-refractivity contribution is 7.14.